The fraction of sp³-hybridized carbons (Fsp3) is 0.417. The highest BCUT2D eigenvalue weighted by molar-refractivity contribution is 7.14. The summed E-state index contributed by atoms with van der Waals surface area (Å²) in [5, 5.41) is 17.6. The first kappa shape index (κ1) is 28.7. The number of nitrogens with zero attached hydrogens (tertiary/aromatic N) is 2. The molecule has 3 rings (SSSR count). The molecule has 3 aromatic rings. The second kappa shape index (κ2) is 11.7. The number of unbranched alkanes of at least 4 members (excludes halogenated alkanes) is 2. The van der Waals surface area contributed by atoms with E-state index in [1.54, 1.807) is 0 Å². The van der Waals surface area contributed by atoms with Crippen LogP contribution in [0.2, 0.25) is 0 Å². The zero-order valence-corrected chi connectivity index (χ0v) is 20.5. The number of ether oxygens (including phenoxy) is 2. The van der Waals surface area contributed by atoms with Gasteiger partial charge in [0.05, 0.1) is 36.5 Å². The molecule has 0 aliphatic carbocycles. The van der Waals surface area contributed by atoms with E-state index in [1.165, 1.54) is 37.3 Å². The Morgan fingerprint density at radius 1 is 0.838 bits per heavy atom. The molecule has 0 radical (unpaired) electrons. The van der Waals surface area contributed by atoms with Crippen LogP contribution in [-0.4, -0.2) is 35.1 Å². The van der Waals surface area contributed by atoms with Crippen molar-refractivity contribution in [3.05, 3.63) is 58.6 Å². The molecule has 0 aliphatic rings. The van der Waals surface area contributed by atoms with Crippen molar-refractivity contribution in [1.29, 1.82) is 0 Å². The minimum absolute atomic E-state index is 0.0213. The van der Waals surface area contributed by atoms with E-state index in [2.05, 4.69) is 10.2 Å². The van der Waals surface area contributed by atoms with Crippen LogP contribution in [0, 0.1) is 0 Å². The number of halogens is 6. The first-order valence-electron chi connectivity index (χ1n) is 11.2. The van der Waals surface area contributed by atoms with E-state index in [0.29, 0.717) is 19.3 Å². The van der Waals surface area contributed by atoms with Crippen LogP contribution in [0.5, 0.6) is 11.5 Å². The summed E-state index contributed by atoms with van der Waals surface area (Å²) in [5.41, 5.74) is 3.07. The third-order valence-electron chi connectivity index (χ3n) is 5.27. The van der Waals surface area contributed by atoms with Crippen molar-refractivity contribution >= 4 is 11.3 Å². The fourth-order valence-electron chi connectivity index (χ4n) is 3.22. The number of aromatic nitrogens is 2. The molecule has 1 aromatic heterocycles. The number of nitrogens with two attached hydrogens (primary N) is 1. The largest absolute Gasteiger partial charge is 0.493 e. The first-order chi connectivity index (χ1) is 17.3. The molecule has 1 atom stereocenters. The fourth-order valence-corrected chi connectivity index (χ4v) is 4.11. The number of benzene rings is 2. The molecule has 13 heteroatoms. The van der Waals surface area contributed by atoms with E-state index in [-0.39, 0.29) is 40.3 Å². The zero-order chi connectivity index (χ0) is 27.3. The molecule has 0 bridgehead atoms. The molecule has 0 saturated heterocycles. The van der Waals surface area contributed by atoms with Crippen LogP contribution in [0.3, 0.4) is 0 Å². The lowest BCUT2D eigenvalue weighted by Gasteiger charge is -2.17. The standard InChI is InChI=1S/C24H25F6N3O3S/c1-22(31,14-34)21-33-32-20(37-21)15-9-10-19(17(13-15)24(28,29)30)36-12-6-2-5-11-35-18-8-4-3-7-16(18)23(25,26)27/h3-4,7-10,13,34H,2,5-6,11-12,14,31H2,1H3. The third-order valence-corrected chi connectivity index (χ3v) is 6.52. The molecule has 0 saturated carbocycles. The second-order valence-electron chi connectivity index (χ2n) is 8.45. The summed E-state index contributed by atoms with van der Waals surface area (Å²) in [7, 11) is 0. The van der Waals surface area contributed by atoms with Crippen molar-refractivity contribution in [2.45, 2.75) is 44.1 Å². The molecule has 202 valence electrons. The number of para-hydroxylation sites is 1. The predicted octanol–water partition coefficient (Wildman–Crippen LogP) is 6.04. The van der Waals surface area contributed by atoms with Crippen LogP contribution < -0.4 is 15.2 Å². The van der Waals surface area contributed by atoms with Gasteiger partial charge in [-0.1, -0.05) is 23.5 Å². The van der Waals surface area contributed by atoms with Gasteiger partial charge >= 0.3 is 12.4 Å². The molecule has 0 aliphatic heterocycles. The predicted molar refractivity (Wildman–Crippen MR) is 125 cm³/mol. The maximum absolute atomic E-state index is 13.7. The Kier molecular flexibility index (Phi) is 9.03. The van der Waals surface area contributed by atoms with Gasteiger partial charge in [-0.2, -0.15) is 26.3 Å². The van der Waals surface area contributed by atoms with Gasteiger partial charge in [-0.3, -0.25) is 0 Å². The maximum atomic E-state index is 13.7. The third kappa shape index (κ3) is 7.55. The highest BCUT2D eigenvalue weighted by Gasteiger charge is 2.36. The number of aliphatic hydroxyl groups is 1. The SMILES string of the molecule is CC(N)(CO)c1nnc(-c2ccc(OCCCCCOc3ccccc3C(F)(F)F)c(C(F)(F)F)c2)s1. The van der Waals surface area contributed by atoms with Crippen LogP contribution in [-0.2, 0) is 17.9 Å². The summed E-state index contributed by atoms with van der Waals surface area (Å²) in [6.45, 7) is 1.13. The minimum Gasteiger partial charge on any atom is -0.493 e. The van der Waals surface area contributed by atoms with E-state index in [1.807, 2.05) is 0 Å². The normalized spacial score (nSPS) is 13.9. The van der Waals surface area contributed by atoms with Crippen LogP contribution in [0.1, 0.15) is 42.3 Å². The van der Waals surface area contributed by atoms with Crippen LogP contribution in [0.4, 0.5) is 26.3 Å². The molecule has 0 amide bonds. The molecule has 1 unspecified atom stereocenters. The second-order valence-corrected chi connectivity index (χ2v) is 9.43. The number of aliphatic hydroxyl groups excluding tert-OH is 1. The Morgan fingerprint density at radius 3 is 2.03 bits per heavy atom. The van der Waals surface area contributed by atoms with Crippen molar-refractivity contribution in [3.63, 3.8) is 0 Å². The minimum atomic E-state index is -4.69. The quantitative estimate of drug-likeness (QED) is 0.224. The first-order valence-corrected chi connectivity index (χ1v) is 12.0. The summed E-state index contributed by atoms with van der Waals surface area (Å²) >= 11 is 0.983. The van der Waals surface area contributed by atoms with Gasteiger partial charge in [0.25, 0.3) is 0 Å². The van der Waals surface area contributed by atoms with Crippen molar-refractivity contribution in [2.75, 3.05) is 19.8 Å². The molecule has 0 spiro atoms. The molecule has 6 nitrogen and oxygen atoms in total. The van der Waals surface area contributed by atoms with Gasteiger partial charge in [0, 0.05) is 5.56 Å². The summed E-state index contributed by atoms with van der Waals surface area (Å²) < 4.78 is 90.6. The number of alkyl halides is 6. The Morgan fingerprint density at radius 2 is 1.43 bits per heavy atom. The molecule has 3 N–H and O–H groups in total. The molecule has 1 heterocycles. The Bertz CT molecular complexity index is 1180. The van der Waals surface area contributed by atoms with Gasteiger partial charge in [0.2, 0.25) is 0 Å². The number of hydrogen-bond donors (Lipinski definition) is 2. The highest BCUT2D eigenvalue weighted by Crippen LogP contribution is 2.40. The monoisotopic (exact) mass is 549 g/mol. The van der Waals surface area contributed by atoms with E-state index in [4.69, 9.17) is 15.2 Å². The Labute approximate surface area is 213 Å². The zero-order valence-electron chi connectivity index (χ0n) is 19.7. The van der Waals surface area contributed by atoms with Crippen LogP contribution >= 0.6 is 11.3 Å². The average molecular weight is 550 g/mol. The number of hydrogen-bond acceptors (Lipinski definition) is 7. The van der Waals surface area contributed by atoms with Gasteiger partial charge in [0.1, 0.15) is 21.5 Å². The lowest BCUT2D eigenvalue weighted by Crippen LogP contribution is -2.36. The highest BCUT2D eigenvalue weighted by atomic mass is 32.1. The van der Waals surface area contributed by atoms with Crippen molar-refractivity contribution in [2.24, 2.45) is 5.73 Å². The van der Waals surface area contributed by atoms with Gasteiger partial charge < -0.3 is 20.3 Å². The molecule has 0 fully saturated rings. The topological polar surface area (TPSA) is 90.5 Å². The Hall–Kier alpha value is -2.90. The lowest BCUT2D eigenvalue weighted by molar-refractivity contribution is -0.139. The smallest absolute Gasteiger partial charge is 0.419 e. The molecule has 2 aromatic carbocycles. The molecular weight excluding hydrogens is 524 g/mol. The van der Waals surface area contributed by atoms with Gasteiger partial charge in [-0.15, -0.1) is 10.2 Å². The lowest BCUT2D eigenvalue weighted by atomic mass is 10.1. The van der Waals surface area contributed by atoms with Crippen LogP contribution in [0.25, 0.3) is 10.6 Å². The van der Waals surface area contributed by atoms with Crippen molar-refractivity contribution in [1.82, 2.24) is 10.2 Å². The number of rotatable bonds is 11. The molecule has 37 heavy (non-hydrogen) atoms. The van der Waals surface area contributed by atoms with E-state index >= 15 is 0 Å². The van der Waals surface area contributed by atoms with Gasteiger partial charge in [-0.25, -0.2) is 0 Å². The van der Waals surface area contributed by atoms with Gasteiger partial charge in [-0.05, 0) is 56.5 Å². The molecular formula is C24H25F6N3O3S. The summed E-state index contributed by atoms with van der Waals surface area (Å²) in [6.07, 6.45) is -7.97. The van der Waals surface area contributed by atoms with Gasteiger partial charge in [0.15, 0.2) is 0 Å². The van der Waals surface area contributed by atoms with Crippen molar-refractivity contribution < 1.29 is 40.9 Å². The summed E-state index contributed by atoms with van der Waals surface area (Å²) in [4.78, 5) is 0. The summed E-state index contributed by atoms with van der Waals surface area (Å²) in [5.74, 6) is -0.619. The van der Waals surface area contributed by atoms with Crippen LogP contribution in [0.15, 0.2) is 42.5 Å². The average Bonchev–Trinajstić information content (AvgIpc) is 3.34. The maximum Gasteiger partial charge on any atom is 0.419 e. The van der Waals surface area contributed by atoms with Crippen molar-refractivity contribution in [3.8, 4) is 22.1 Å². The van der Waals surface area contributed by atoms with E-state index < -0.39 is 35.6 Å². The Balaban J connectivity index is 1.55. The van der Waals surface area contributed by atoms with E-state index in [9.17, 15) is 31.4 Å². The van der Waals surface area contributed by atoms with E-state index in [0.717, 1.165) is 23.5 Å². The summed E-state index contributed by atoms with van der Waals surface area (Å²) in [6, 6.07) is 8.41.